The van der Waals surface area contributed by atoms with E-state index >= 15 is 0 Å². The van der Waals surface area contributed by atoms with Crippen LogP contribution >= 0.6 is 28.6 Å². The average molecular weight is 357 g/mol. The van der Waals surface area contributed by atoms with Gasteiger partial charge in [-0.1, -0.05) is 20.8 Å². The summed E-state index contributed by atoms with van der Waals surface area (Å²) in [6, 6.07) is 5.41. The zero-order chi connectivity index (χ0) is 14.9. The van der Waals surface area contributed by atoms with Crippen molar-refractivity contribution in [3.8, 4) is 0 Å². The molecule has 2 rings (SSSR count). The van der Waals surface area contributed by atoms with Crippen molar-refractivity contribution < 1.29 is 9.53 Å². The van der Waals surface area contributed by atoms with Crippen LogP contribution in [0.5, 0.6) is 0 Å². The predicted octanol–water partition coefficient (Wildman–Crippen LogP) is 5.11. The Morgan fingerprint density at radius 1 is 1.40 bits per heavy atom. The highest BCUT2D eigenvalue weighted by Gasteiger charge is 2.34. The minimum absolute atomic E-state index is 0.0109. The van der Waals surface area contributed by atoms with Crippen molar-refractivity contribution >= 4 is 34.5 Å². The Hall–Kier alpha value is -0.480. The Morgan fingerprint density at radius 2 is 2.10 bits per heavy atom. The number of hydrogen-bond donors (Lipinski definition) is 1. The Labute approximate surface area is 134 Å². The molecule has 2 unspecified atom stereocenters. The molecule has 1 aromatic carbocycles. The predicted molar refractivity (Wildman–Crippen MR) is 87.4 cm³/mol. The van der Waals surface area contributed by atoms with Crippen LogP contribution in [0.2, 0.25) is 0 Å². The molecule has 0 radical (unpaired) electrons. The van der Waals surface area contributed by atoms with Crippen molar-refractivity contribution in [1.82, 2.24) is 0 Å². The molecule has 0 heterocycles. The number of esters is 1. The fourth-order valence-corrected chi connectivity index (χ4v) is 3.84. The van der Waals surface area contributed by atoms with Crippen LogP contribution in [0, 0.1) is 11.3 Å². The van der Waals surface area contributed by atoms with Crippen molar-refractivity contribution in [2.45, 2.75) is 51.0 Å². The van der Waals surface area contributed by atoms with Gasteiger partial charge in [0.15, 0.2) is 0 Å². The first-order valence-electron chi connectivity index (χ1n) is 6.96. The van der Waals surface area contributed by atoms with E-state index in [1.165, 1.54) is 6.42 Å². The highest BCUT2D eigenvalue weighted by molar-refractivity contribution is 9.10. The van der Waals surface area contributed by atoms with Crippen molar-refractivity contribution in [2.24, 2.45) is 11.3 Å². The molecule has 4 heteroatoms. The lowest BCUT2D eigenvalue weighted by Crippen LogP contribution is -2.34. The van der Waals surface area contributed by atoms with Gasteiger partial charge in [0.05, 0.1) is 5.56 Å². The van der Waals surface area contributed by atoms with E-state index in [2.05, 4.69) is 49.3 Å². The van der Waals surface area contributed by atoms with Gasteiger partial charge in [-0.25, -0.2) is 4.79 Å². The lowest BCUT2D eigenvalue weighted by Gasteiger charge is -2.38. The molecular weight excluding hydrogens is 336 g/mol. The van der Waals surface area contributed by atoms with Crippen LogP contribution < -0.4 is 0 Å². The number of ether oxygens (including phenoxy) is 1. The summed E-state index contributed by atoms with van der Waals surface area (Å²) >= 11 is 7.67. The van der Waals surface area contributed by atoms with Crippen LogP contribution in [0.25, 0.3) is 0 Å². The van der Waals surface area contributed by atoms with Gasteiger partial charge in [-0.3, -0.25) is 0 Å². The summed E-state index contributed by atoms with van der Waals surface area (Å²) in [4.78, 5) is 13.1. The maximum Gasteiger partial charge on any atom is 0.339 e. The number of benzene rings is 1. The van der Waals surface area contributed by atoms with Gasteiger partial charge in [-0.05, 0) is 64.7 Å². The smallest absolute Gasteiger partial charge is 0.339 e. The standard InChI is InChI=1S/C16H21BrO2S/c1-10-6-11(9-16(2,3)8-10)19-15(18)13-7-12(20)4-5-14(13)17/h4-5,7,10-11,20H,6,8-9H2,1-3H3. The van der Waals surface area contributed by atoms with Crippen molar-refractivity contribution in [2.75, 3.05) is 0 Å². The van der Waals surface area contributed by atoms with E-state index in [4.69, 9.17) is 4.74 Å². The van der Waals surface area contributed by atoms with Crippen LogP contribution in [0.15, 0.2) is 27.6 Å². The number of rotatable bonds is 2. The third-order valence-electron chi connectivity index (χ3n) is 3.79. The van der Waals surface area contributed by atoms with Crippen molar-refractivity contribution in [3.05, 3.63) is 28.2 Å². The second-order valence-corrected chi connectivity index (χ2v) is 7.98. The molecule has 1 aliphatic carbocycles. The van der Waals surface area contributed by atoms with E-state index in [9.17, 15) is 4.79 Å². The first-order valence-corrected chi connectivity index (χ1v) is 8.20. The SMILES string of the molecule is CC1CC(OC(=O)c2cc(S)ccc2Br)CC(C)(C)C1. The summed E-state index contributed by atoms with van der Waals surface area (Å²) in [6.07, 6.45) is 3.09. The quantitative estimate of drug-likeness (QED) is 0.588. The number of thiol groups is 1. The van der Waals surface area contributed by atoms with Gasteiger partial charge in [0.25, 0.3) is 0 Å². The van der Waals surface area contributed by atoms with Crippen molar-refractivity contribution in [3.63, 3.8) is 0 Å². The van der Waals surface area contributed by atoms with Gasteiger partial charge in [-0.15, -0.1) is 12.6 Å². The zero-order valence-corrected chi connectivity index (χ0v) is 14.6. The highest BCUT2D eigenvalue weighted by atomic mass is 79.9. The van der Waals surface area contributed by atoms with Crippen LogP contribution in [0.1, 0.15) is 50.4 Å². The average Bonchev–Trinajstić information content (AvgIpc) is 2.29. The van der Waals surface area contributed by atoms with Gasteiger partial charge in [0, 0.05) is 9.37 Å². The minimum Gasteiger partial charge on any atom is -0.459 e. The van der Waals surface area contributed by atoms with Crippen LogP contribution in [0.3, 0.4) is 0 Å². The normalized spacial score (nSPS) is 25.2. The molecule has 2 atom stereocenters. The molecular formula is C16H21BrO2S. The fourth-order valence-electron chi connectivity index (χ4n) is 3.23. The minimum atomic E-state index is -0.261. The second kappa shape index (κ2) is 6.10. The van der Waals surface area contributed by atoms with Crippen molar-refractivity contribution in [1.29, 1.82) is 0 Å². The number of carbonyl (C=O) groups excluding carboxylic acids is 1. The summed E-state index contributed by atoms with van der Waals surface area (Å²) in [5.41, 5.74) is 0.791. The van der Waals surface area contributed by atoms with Crippen LogP contribution in [0.4, 0.5) is 0 Å². The maximum absolute atomic E-state index is 12.3. The van der Waals surface area contributed by atoms with E-state index in [1.807, 2.05) is 12.1 Å². The van der Waals surface area contributed by atoms with E-state index < -0.39 is 0 Å². The van der Waals surface area contributed by atoms with E-state index in [0.29, 0.717) is 11.5 Å². The molecule has 1 aromatic rings. The molecule has 0 bridgehead atoms. The van der Waals surface area contributed by atoms with Gasteiger partial charge in [0.1, 0.15) is 6.10 Å². The molecule has 1 saturated carbocycles. The third kappa shape index (κ3) is 4.01. The summed E-state index contributed by atoms with van der Waals surface area (Å²) in [6.45, 7) is 6.72. The third-order valence-corrected chi connectivity index (χ3v) is 4.76. The Morgan fingerprint density at radius 3 is 2.75 bits per heavy atom. The fraction of sp³-hybridized carbons (Fsp3) is 0.562. The topological polar surface area (TPSA) is 26.3 Å². The van der Waals surface area contributed by atoms with Crippen LogP contribution in [-0.2, 0) is 4.74 Å². The van der Waals surface area contributed by atoms with E-state index in [-0.39, 0.29) is 17.5 Å². The van der Waals surface area contributed by atoms with Gasteiger partial charge in [-0.2, -0.15) is 0 Å². The molecule has 20 heavy (non-hydrogen) atoms. The molecule has 0 spiro atoms. The molecule has 0 aromatic heterocycles. The zero-order valence-electron chi connectivity index (χ0n) is 12.1. The Kier molecular flexibility index (Phi) is 4.85. The van der Waals surface area contributed by atoms with Gasteiger partial charge < -0.3 is 4.74 Å². The maximum atomic E-state index is 12.3. The first-order chi connectivity index (χ1) is 9.27. The van der Waals surface area contributed by atoms with Crippen LogP contribution in [-0.4, -0.2) is 12.1 Å². The summed E-state index contributed by atoms with van der Waals surface area (Å²) in [7, 11) is 0. The molecule has 1 fully saturated rings. The molecule has 0 aliphatic heterocycles. The molecule has 0 amide bonds. The van der Waals surface area contributed by atoms with E-state index in [0.717, 1.165) is 22.2 Å². The molecule has 2 nitrogen and oxygen atoms in total. The lowest BCUT2D eigenvalue weighted by molar-refractivity contribution is -0.00724. The number of carbonyl (C=O) groups is 1. The largest absolute Gasteiger partial charge is 0.459 e. The molecule has 0 saturated heterocycles. The monoisotopic (exact) mass is 356 g/mol. The number of hydrogen-bond acceptors (Lipinski definition) is 3. The Bertz CT molecular complexity index is 513. The first kappa shape index (κ1) is 15.9. The Balaban J connectivity index is 2.09. The highest BCUT2D eigenvalue weighted by Crippen LogP contribution is 2.40. The summed E-state index contributed by atoms with van der Waals surface area (Å²) in [5.74, 6) is 0.332. The van der Waals surface area contributed by atoms with E-state index in [1.54, 1.807) is 6.07 Å². The lowest BCUT2D eigenvalue weighted by atomic mass is 9.71. The molecule has 1 aliphatic rings. The molecule has 0 N–H and O–H groups in total. The number of halogens is 1. The summed E-state index contributed by atoms with van der Waals surface area (Å²) in [5, 5.41) is 0. The van der Waals surface area contributed by atoms with Gasteiger partial charge >= 0.3 is 5.97 Å². The summed E-state index contributed by atoms with van der Waals surface area (Å²) < 4.78 is 6.47. The van der Waals surface area contributed by atoms with Gasteiger partial charge in [0.2, 0.25) is 0 Å². The molecule has 110 valence electrons. The second-order valence-electron chi connectivity index (χ2n) is 6.60.